The topological polar surface area (TPSA) is 51.8 Å². The molecule has 0 aliphatic heterocycles. The van der Waals surface area contributed by atoms with Gasteiger partial charge in [-0.3, -0.25) is 0 Å². The summed E-state index contributed by atoms with van der Waals surface area (Å²) in [4.78, 5) is 15.2. The first-order chi connectivity index (χ1) is 29.2. The van der Waals surface area contributed by atoms with Crippen molar-refractivity contribution in [3.05, 3.63) is 212 Å². The van der Waals surface area contributed by atoms with Gasteiger partial charge in [0.15, 0.2) is 17.5 Å². The molecule has 0 aliphatic rings. The van der Waals surface area contributed by atoms with Gasteiger partial charge in [0.1, 0.15) is 11.2 Å². The number of hydrogen-bond donors (Lipinski definition) is 0. The molecule has 276 valence electrons. The van der Waals surface area contributed by atoms with Crippen molar-refractivity contribution in [2.24, 2.45) is 0 Å². The van der Waals surface area contributed by atoms with E-state index in [0.717, 1.165) is 60.9 Å². The van der Waals surface area contributed by atoms with Crippen LogP contribution in [0.5, 0.6) is 0 Å². The van der Waals surface area contributed by atoms with Gasteiger partial charge >= 0.3 is 0 Å². The molecule has 0 spiro atoms. The van der Waals surface area contributed by atoms with Crippen molar-refractivity contribution < 1.29 is 4.42 Å². The van der Waals surface area contributed by atoms with Gasteiger partial charge in [0.2, 0.25) is 0 Å². The van der Waals surface area contributed by atoms with Crippen LogP contribution in [0.4, 0.5) is 0 Å². The predicted molar refractivity (Wildman–Crippen MR) is 243 cm³/mol. The Hall–Kier alpha value is -7.95. The van der Waals surface area contributed by atoms with Crippen LogP contribution in [0.25, 0.3) is 111 Å². The maximum absolute atomic E-state index is 6.45. The molecule has 0 aliphatic carbocycles. The molecule has 0 atom stereocenters. The minimum atomic E-state index is 0.583. The van der Waals surface area contributed by atoms with E-state index in [0.29, 0.717) is 17.5 Å². The lowest BCUT2D eigenvalue weighted by Crippen LogP contribution is -2.00. The molecule has 0 amide bonds. The molecule has 0 saturated carbocycles. The van der Waals surface area contributed by atoms with Gasteiger partial charge in [-0.25, -0.2) is 15.0 Å². The molecule has 9 aromatic carbocycles. The van der Waals surface area contributed by atoms with Crippen molar-refractivity contribution in [2.75, 3.05) is 0 Å². The first-order valence-electron chi connectivity index (χ1n) is 19.8. The molecule has 0 bridgehead atoms. The van der Waals surface area contributed by atoms with Gasteiger partial charge in [0, 0.05) is 27.5 Å². The summed E-state index contributed by atoms with van der Waals surface area (Å²) in [6, 6.07) is 74.2. The van der Waals surface area contributed by atoms with Crippen LogP contribution >= 0.6 is 0 Å². The molecule has 0 radical (unpaired) electrons. The molecule has 0 fully saturated rings. The Morgan fingerprint density at radius 1 is 0.288 bits per heavy atom. The van der Waals surface area contributed by atoms with Crippen molar-refractivity contribution in [3.8, 4) is 78.7 Å². The number of aromatic nitrogens is 3. The van der Waals surface area contributed by atoms with E-state index in [4.69, 9.17) is 19.4 Å². The van der Waals surface area contributed by atoms with Gasteiger partial charge < -0.3 is 4.42 Å². The van der Waals surface area contributed by atoms with Gasteiger partial charge in [0.25, 0.3) is 0 Å². The van der Waals surface area contributed by atoms with E-state index >= 15 is 0 Å². The van der Waals surface area contributed by atoms with E-state index in [1.165, 1.54) is 33.0 Å². The average Bonchev–Trinajstić information content (AvgIpc) is 3.71. The Bertz CT molecular complexity index is 3290. The molecule has 4 heteroatoms. The minimum absolute atomic E-state index is 0.583. The zero-order chi connectivity index (χ0) is 39.1. The highest BCUT2D eigenvalue weighted by molar-refractivity contribution is 6.19. The fourth-order valence-electron chi connectivity index (χ4n) is 8.26. The second-order valence-electron chi connectivity index (χ2n) is 14.8. The van der Waals surface area contributed by atoms with Crippen molar-refractivity contribution in [1.29, 1.82) is 0 Å². The van der Waals surface area contributed by atoms with Crippen LogP contribution in [-0.2, 0) is 0 Å². The summed E-state index contributed by atoms with van der Waals surface area (Å²) in [6.07, 6.45) is 0. The third kappa shape index (κ3) is 6.34. The maximum Gasteiger partial charge on any atom is 0.164 e. The van der Waals surface area contributed by atoms with E-state index in [-0.39, 0.29) is 0 Å². The smallest absolute Gasteiger partial charge is 0.164 e. The van der Waals surface area contributed by atoms with E-state index in [1.807, 2.05) is 30.3 Å². The Morgan fingerprint density at radius 3 is 1.41 bits per heavy atom. The molecule has 0 N–H and O–H groups in total. The van der Waals surface area contributed by atoms with Gasteiger partial charge in [-0.2, -0.15) is 0 Å². The van der Waals surface area contributed by atoms with E-state index < -0.39 is 0 Å². The van der Waals surface area contributed by atoms with E-state index in [2.05, 4.69) is 182 Å². The highest BCUT2D eigenvalue weighted by atomic mass is 16.3. The van der Waals surface area contributed by atoms with Crippen LogP contribution in [0.15, 0.2) is 217 Å². The Kier molecular flexibility index (Phi) is 8.45. The van der Waals surface area contributed by atoms with E-state index in [9.17, 15) is 0 Å². The minimum Gasteiger partial charge on any atom is -0.456 e. The van der Waals surface area contributed by atoms with Crippen molar-refractivity contribution in [2.45, 2.75) is 0 Å². The standard InChI is InChI=1S/C55H35N3O/c1-5-15-36(16-6-1)44-33-47(37-17-7-2-8-18-37)51(40-20-9-3-10-21-40)48(34-44)39-25-27-42(28-26-39)54-56-53(41-22-11-4-12-23-41)57-55(58-54)43-29-31-46-50(35-43)59-49-32-30-38-19-13-14-24-45(38)52(46)49/h1-35H. The van der Waals surface area contributed by atoms with Gasteiger partial charge in [-0.1, -0.05) is 182 Å². The molecule has 11 aromatic rings. The summed E-state index contributed by atoms with van der Waals surface area (Å²) in [5.74, 6) is 1.79. The molecular formula is C55H35N3O. The molecule has 0 saturated heterocycles. The lowest BCUT2D eigenvalue weighted by molar-refractivity contribution is 0.669. The molecule has 2 heterocycles. The number of furan rings is 1. The fourth-order valence-corrected chi connectivity index (χ4v) is 8.26. The Morgan fingerprint density at radius 2 is 0.763 bits per heavy atom. The SMILES string of the molecule is c1ccc(-c2cc(-c3ccccc3)c(-c3ccccc3)c(-c3ccc(-c4nc(-c5ccccc5)nc(-c5ccc6c(c5)oc5ccc7ccccc7c56)n4)cc3)c2)cc1. The lowest BCUT2D eigenvalue weighted by Gasteiger charge is -2.19. The second-order valence-corrected chi connectivity index (χ2v) is 14.8. The molecule has 0 unspecified atom stereocenters. The maximum atomic E-state index is 6.45. The zero-order valence-corrected chi connectivity index (χ0v) is 32.0. The van der Waals surface area contributed by atoms with Crippen molar-refractivity contribution in [3.63, 3.8) is 0 Å². The summed E-state index contributed by atoms with van der Waals surface area (Å²) < 4.78 is 6.45. The van der Waals surface area contributed by atoms with Crippen LogP contribution < -0.4 is 0 Å². The van der Waals surface area contributed by atoms with Crippen molar-refractivity contribution in [1.82, 2.24) is 15.0 Å². The van der Waals surface area contributed by atoms with Crippen LogP contribution in [0.3, 0.4) is 0 Å². The monoisotopic (exact) mass is 753 g/mol. The first kappa shape index (κ1) is 34.3. The van der Waals surface area contributed by atoms with Gasteiger partial charge in [-0.05, 0) is 85.6 Å². The summed E-state index contributed by atoms with van der Waals surface area (Å²) >= 11 is 0. The van der Waals surface area contributed by atoms with Crippen LogP contribution in [0, 0.1) is 0 Å². The average molecular weight is 754 g/mol. The molecular weight excluding hydrogens is 719 g/mol. The molecule has 4 nitrogen and oxygen atoms in total. The third-order valence-corrected chi connectivity index (χ3v) is 11.1. The first-order valence-corrected chi connectivity index (χ1v) is 19.8. The quantitative estimate of drug-likeness (QED) is 0.163. The summed E-state index contributed by atoms with van der Waals surface area (Å²) in [5.41, 5.74) is 13.6. The summed E-state index contributed by atoms with van der Waals surface area (Å²) in [7, 11) is 0. The lowest BCUT2D eigenvalue weighted by atomic mass is 9.84. The largest absolute Gasteiger partial charge is 0.456 e. The normalized spacial score (nSPS) is 11.4. The third-order valence-electron chi connectivity index (χ3n) is 11.1. The van der Waals surface area contributed by atoms with Gasteiger partial charge in [-0.15, -0.1) is 0 Å². The number of nitrogens with zero attached hydrogens (tertiary/aromatic N) is 3. The Labute approximate surface area is 341 Å². The second kappa shape index (κ2) is 14.5. The number of hydrogen-bond acceptors (Lipinski definition) is 4. The number of benzene rings is 9. The van der Waals surface area contributed by atoms with Crippen molar-refractivity contribution >= 4 is 32.7 Å². The van der Waals surface area contributed by atoms with Gasteiger partial charge in [0.05, 0.1) is 0 Å². The highest BCUT2D eigenvalue weighted by Gasteiger charge is 2.19. The van der Waals surface area contributed by atoms with Crippen LogP contribution in [0.2, 0.25) is 0 Å². The number of fused-ring (bicyclic) bond motifs is 5. The van der Waals surface area contributed by atoms with Crippen LogP contribution in [-0.4, -0.2) is 15.0 Å². The van der Waals surface area contributed by atoms with E-state index in [1.54, 1.807) is 0 Å². The molecule has 2 aromatic heterocycles. The number of rotatable bonds is 7. The summed E-state index contributed by atoms with van der Waals surface area (Å²) in [5, 5.41) is 4.54. The van der Waals surface area contributed by atoms with Crippen LogP contribution in [0.1, 0.15) is 0 Å². The fraction of sp³-hybridized carbons (Fsp3) is 0. The zero-order valence-electron chi connectivity index (χ0n) is 32.0. The summed E-state index contributed by atoms with van der Waals surface area (Å²) in [6.45, 7) is 0. The molecule has 59 heavy (non-hydrogen) atoms. The predicted octanol–water partition coefficient (Wildman–Crippen LogP) is 14.6. The highest BCUT2D eigenvalue weighted by Crippen LogP contribution is 2.44. The Balaban J connectivity index is 1.06. The molecule has 11 rings (SSSR count).